The third kappa shape index (κ3) is 5.71. The first-order chi connectivity index (χ1) is 10.2. The number of benzene rings is 1. The number of carbonyl (C=O) groups excluding carboxylic acids is 1. The molecule has 0 aliphatic rings. The van der Waals surface area contributed by atoms with Crippen LogP contribution in [0.15, 0.2) is 48.7 Å². The fourth-order valence-electron chi connectivity index (χ4n) is 1.90. The lowest BCUT2D eigenvalue weighted by Crippen LogP contribution is -2.32. The maximum atomic E-state index is 13.0. The molecule has 1 heterocycles. The number of nitrogens with zero attached hydrogens (tertiary/aromatic N) is 1. The first-order valence-electron chi connectivity index (χ1n) is 6.86. The summed E-state index contributed by atoms with van der Waals surface area (Å²) in [5.74, 6) is -0.433. The summed E-state index contributed by atoms with van der Waals surface area (Å²) in [4.78, 5) is 15.9. The molecule has 0 spiro atoms. The van der Waals surface area contributed by atoms with Crippen molar-refractivity contribution in [2.75, 3.05) is 13.1 Å². The summed E-state index contributed by atoms with van der Waals surface area (Å²) in [7, 11) is 0. The minimum atomic E-state index is -0.322. The van der Waals surface area contributed by atoms with Gasteiger partial charge in [-0.25, -0.2) is 4.39 Å². The molecule has 0 unspecified atom stereocenters. The van der Waals surface area contributed by atoms with Crippen LogP contribution >= 0.6 is 0 Å². The van der Waals surface area contributed by atoms with Crippen LogP contribution in [0.3, 0.4) is 0 Å². The average molecular weight is 287 g/mol. The van der Waals surface area contributed by atoms with Gasteiger partial charge in [-0.2, -0.15) is 0 Å². The molecule has 21 heavy (non-hydrogen) atoms. The van der Waals surface area contributed by atoms with Gasteiger partial charge in [0.2, 0.25) is 5.91 Å². The van der Waals surface area contributed by atoms with E-state index in [0.29, 0.717) is 25.2 Å². The fraction of sp³-hybridized carbons (Fsp3) is 0.250. The van der Waals surface area contributed by atoms with Crippen LogP contribution in [0.5, 0.6) is 0 Å². The molecule has 0 bridgehead atoms. The van der Waals surface area contributed by atoms with Crippen LogP contribution in [-0.4, -0.2) is 24.0 Å². The Morgan fingerprint density at radius 2 is 2.05 bits per heavy atom. The van der Waals surface area contributed by atoms with E-state index in [0.717, 1.165) is 5.69 Å². The zero-order chi connectivity index (χ0) is 14.9. The Hall–Kier alpha value is -2.27. The van der Waals surface area contributed by atoms with Gasteiger partial charge < -0.3 is 10.6 Å². The van der Waals surface area contributed by atoms with Gasteiger partial charge in [0.25, 0.3) is 0 Å². The van der Waals surface area contributed by atoms with Crippen LogP contribution in [0.25, 0.3) is 0 Å². The van der Waals surface area contributed by atoms with E-state index < -0.39 is 0 Å². The number of amides is 1. The van der Waals surface area contributed by atoms with Crippen LogP contribution < -0.4 is 10.6 Å². The van der Waals surface area contributed by atoms with Crippen LogP contribution in [0.1, 0.15) is 11.3 Å². The number of halogens is 1. The third-order valence-corrected chi connectivity index (χ3v) is 2.91. The van der Waals surface area contributed by atoms with Crippen LogP contribution in [0, 0.1) is 5.82 Å². The van der Waals surface area contributed by atoms with Crippen molar-refractivity contribution < 1.29 is 9.18 Å². The molecular weight excluding hydrogens is 269 g/mol. The predicted molar refractivity (Wildman–Crippen MR) is 79.1 cm³/mol. The lowest BCUT2D eigenvalue weighted by molar-refractivity contribution is -0.120. The smallest absolute Gasteiger partial charge is 0.224 e. The zero-order valence-corrected chi connectivity index (χ0v) is 11.7. The van der Waals surface area contributed by atoms with E-state index in [9.17, 15) is 9.18 Å². The van der Waals surface area contributed by atoms with Crippen molar-refractivity contribution in [3.05, 3.63) is 65.7 Å². The van der Waals surface area contributed by atoms with Gasteiger partial charge in [0.1, 0.15) is 5.82 Å². The number of hydrogen-bond donors (Lipinski definition) is 2. The van der Waals surface area contributed by atoms with Crippen molar-refractivity contribution in [2.45, 2.75) is 13.0 Å². The number of rotatable bonds is 7. The van der Waals surface area contributed by atoms with Gasteiger partial charge in [0.15, 0.2) is 0 Å². The standard InChI is InChI=1S/C16H18FN3O/c17-14-5-3-4-13(10-14)11-16(21)20-9-8-18-12-15-6-1-2-7-19-15/h1-7,10,18H,8-9,11-12H2,(H,20,21). The molecule has 110 valence electrons. The summed E-state index contributed by atoms with van der Waals surface area (Å²) in [6.45, 7) is 1.85. The Morgan fingerprint density at radius 1 is 1.14 bits per heavy atom. The molecule has 0 radical (unpaired) electrons. The first kappa shape index (κ1) is 15.1. The van der Waals surface area contributed by atoms with Gasteiger partial charge in [0.05, 0.1) is 12.1 Å². The SMILES string of the molecule is O=C(Cc1cccc(F)c1)NCCNCc1ccccn1. The summed E-state index contributed by atoms with van der Waals surface area (Å²) in [5, 5.41) is 5.99. The lowest BCUT2D eigenvalue weighted by Gasteiger charge is -2.07. The Balaban J connectivity index is 1.61. The summed E-state index contributed by atoms with van der Waals surface area (Å²) < 4.78 is 13.0. The summed E-state index contributed by atoms with van der Waals surface area (Å²) in [6.07, 6.45) is 1.94. The van der Waals surface area contributed by atoms with Crippen molar-refractivity contribution in [3.63, 3.8) is 0 Å². The highest BCUT2D eigenvalue weighted by molar-refractivity contribution is 5.78. The highest BCUT2D eigenvalue weighted by Crippen LogP contribution is 2.03. The minimum Gasteiger partial charge on any atom is -0.355 e. The molecule has 0 fully saturated rings. The Kier molecular flexibility index (Phi) is 5.84. The van der Waals surface area contributed by atoms with Crippen LogP contribution in [0.4, 0.5) is 4.39 Å². The molecule has 0 atom stereocenters. The molecule has 2 N–H and O–H groups in total. The van der Waals surface area contributed by atoms with Crippen molar-refractivity contribution in [1.82, 2.24) is 15.6 Å². The van der Waals surface area contributed by atoms with E-state index in [2.05, 4.69) is 15.6 Å². The van der Waals surface area contributed by atoms with Gasteiger partial charge in [-0.05, 0) is 29.8 Å². The maximum absolute atomic E-state index is 13.0. The summed E-state index contributed by atoms with van der Waals surface area (Å²) in [5.41, 5.74) is 1.64. The molecule has 2 rings (SSSR count). The van der Waals surface area contributed by atoms with Gasteiger partial charge >= 0.3 is 0 Å². The molecule has 0 aliphatic carbocycles. The zero-order valence-electron chi connectivity index (χ0n) is 11.7. The van der Waals surface area contributed by atoms with E-state index in [-0.39, 0.29) is 18.1 Å². The van der Waals surface area contributed by atoms with E-state index in [1.54, 1.807) is 18.3 Å². The van der Waals surface area contributed by atoms with E-state index >= 15 is 0 Å². The molecule has 0 aliphatic heterocycles. The molecule has 0 saturated carbocycles. The number of aromatic nitrogens is 1. The molecule has 1 aromatic carbocycles. The molecule has 2 aromatic rings. The molecule has 0 saturated heterocycles. The van der Waals surface area contributed by atoms with Gasteiger partial charge in [-0.1, -0.05) is 18.2 Å². The van der Waals surface area contributed by atoms with Gasteiger partial charge in [-0.15, -0.1) is 0 Å². The minimum absolute atomic E-state index is 0.111. The summed E-state index contributed by atoms with van der Waals surface area (Å²) >= 11 is 0. The molecule has 1 aromatic heterocycles. The molecule has 5 heteroatoms. The quantitative estimate of drug-likeness (QED) is 0.762. The average Bonchev–Trinajstić information content (AvgIpc) is 2.48. The maximum Gasteiger partial charge on any atom is 0.224 e. The predicted octanol–water partition coefficient (Wildman–Crippen LogP) is 1.67. The topological polar surface area (TPSA) is 54.0 Å². The number of pyridine rings is 1. The van der Waals surface area contributed by atoms with Crippen molar-refractivity contribution in [3.8, 4) is 0 Å². The van der Waals surface area contributed by atoms with Gasteiger partial charge in [-0.3, -0.25) is 9.78 Å². The normalized spacial score (nSPS) is 10.3. The van der Waals surface area contributed by atoms with Crippen LogP contribution in [0.2, 0.25) is 0 Å². The van der Waals surface area contributed by atoms with Gasteiger partial charge in [0, 0.05) is 25.8 Å². The highest BCUT2D eigenvalue weighted by Gasteiger charge is 2.03. The highest BCUT2D eigenvalue weighted by atomic mass is 19.1. The number of nitrogens with one attached hydrogen (secondary N) is 2. The number of hydrogen-bond acceptors (Lipinski definition) is 3. The Labute approximate surface area is 123 Å². The van der Waals surface area contributed by atoms with E-state index in [4.69, 9.17) is 0 Å². The Bertz CT molecular complexity index is 575. The second-order valence-electron chi connectivity index (χ2n) is 4.65. The second kappa shape index (κ2) is 8.11. The molecular formula is C16H18FN3O. The van der Waals surface area contributed by atoms with E-state index in [1.165, 1.54) is 12.1 Å². The Morgan fingerprint density at radius 3 is 2.81 bits per heavy atom. The lowest BCUT2D eigenvalue weighted by atomic mass is 10.1. The van der Waals surface area contributed by atoms with Crippen LogP contribution in [-0.2, 0) is 17.8 Å². The van der Waals surface area contributed by atoms with Crippen molar-refractivity contribution in [2.24, 2.45) is 0 Å². The largest absolute Gasteiger partial charge is 0.355 e. The fourth-order valence-corrected chi connectivity index (χ4v) is 1.90. The van der Waals surface area contributed by atoms with Crippen molar-refractivity contribution in [1.29, 1.82) is 0 Å². The third-order valence-electron chi connectivity index (χ3n) is 2.91. The monoisotopic (exact) mass is 287 g/mol. The van der Waals surface area contributed by atoms with E-state index in [1.807, 2.05) is 18.2 Å². The second-order valence-corrected chi connectivity index (χ2v) is 4.65. The molecule has 1 amide bonds. The number of carbonyl (C=O) groups is 1. The van der Waals surface area contributed by atoms with Crippen molar-refractivity contribution >= 4 is 5.91 Å². The summed E-state index contributed by atoms with van der Waals surface area (Å²) in [6, 6.07) is 11.8. The first-order valence-corrected chi connectivity index (χ1v) is 6.86. The molecule has 4 nitrogen and oxygen atoms in total.